The number of hydrogen-bond donors (Lipinski definition) is 2. The molecule has 2 aliphatic rings. The van der Waals surface area contributed by atoms with Crippen LogP contribution in [-0.4, -0.2) is 18.9 Å². The van der Waals surface area contributed by atoms with E-state index in [4.69, 9.17) is 0 Å². The number of anilines is 1. The summed E-state index contributed by atoms with van der Waals surface area (Å²) < 4.78 is 28.3. The highest BCUT2D eigenvalue weighted by Crippen LogP contribution is 2.51. The van der Waals surface area contributed by atoms with Crippen LogP contribution in [-0.2, 0) is 10.0 Å². The van der Waals surface area contributed by atoms with E-state index in [1.165, 1.54) is 6.07 Å². The molecule has 0 saturated heterocycles. The van der Waals surface area contributed by atoms with Crippen LogP contribution in [0.1, 0.15) is 50.3 Å². The van der Waals surface area contributed by atoms with Gasteiger partial charge in [0.05, 0.1) is 21.4 Å². The highest BCUT2D eigenvalue weighted by molar-refractivity contribution is 7.89. The van der Waals surface area contributed by atoms with Gasteiger partial charge in [0, 0.05) is 23.2 Å². The van der Waals surface area contributed by atoms with Gasteiger partial charge in [-0.2, -0.15) is 0 Å². The minimum Gasteiger partial charge on any atom is -0.377 e. The fourth-order valence-corrected chi connectivity index (χ4v) is 5.88. The third-order valence-electron chi connectivity index (χ3n) is 5.55. The molecule has 1 heterocycles. The SMILES string of the molecule is CC(C)(C)NS(=O)(=O)c1ccc2c(c1)C1C=CCC1C(c1ccccc1[N+](=O)[O-])N2. The molecule has 2 aromatic carbocycles. The largest absolute Gasteiger partial charge is 0.377 e. The Morgan fingerprint density at radius 1 is 1.13 bits per heavy atom. The lowest BCUT2D eigenvalue weighted by Gasteiger charge is -2.37. The normalized spacial score (nSPS) is 22.8. The standard InChI is InChI=1S/C22H25N3O4S/c1-22(2,3)24-30(28,29)14-11-12-19-18(13-14)15-8-6-9-16(15)21(23-19)17-7-4-5-10-20(17)25(26)27/h4-8,10-13,15-16,21,23-24H,9H2,1-3H3. The number of fused-ring (bicyclic) bond motifs is 3. The molecule has 0 amide bonds. The fraction of sp³-hybridized carbons (Fsp3) is 0.364. The maximum atomic E-state index is 12.8. The molecule has 0 radical (unpaired) electrons. The van der Waals surface area contributed by atoms with Crippen LogP contribution < -0.4 is 10.0 Å². The van der Waals surface area contributed by atoms with Crippen molar-refractivity contribution in [1.29, 1.82) is 0 Å². The number of nitrogens with one attached hydrogen (secondary N) is 2. The maximum absolute atomic E-state index is 12.8. The van der Waals surface area contributed by atoms with E-state index < -0.39 is 15.6 Å². The van der Waals surface area contributed by atoms with Gasteiger partial charge in [0.15, 0.2) is 0 Å². The van der Waals surface area contributed by atoms with Crippen molar-refractivity contribution in [3.8, 4) is 0 Å². The molecule has 2 N–H and O–H groups in total. The lowest BCUT2D eigenvalue weighted by molar-refractivity contribution is -0.385. The van der Waals surface area contributed by atoms with Crippen molar-refractivity contribution in [2.75, 3.05) is 5.32 Å². The molecule has 0 bridgehead atoms. The van der Waals surface area contributed by atoms with Gasteiger partial charge < -0.3 is 5.32 Å². The van der Waals surface area contributed by atoms with E-state index in [0.717, 1.165) is 17.7 Å². The van der Waals surface area contributed by atoms with Gasteiger partial charge in [-0.3, -0.25) is 10.1 Å². The Morgan fingerprint density at radius 2 is 1.87 bits per heavy atom. The molecule has 4 rings (SSSR count). The maximum Gasteiger partial charge on any atom is 0.274 e. The number of hydrogen-bond acceptors (Lipinski definition) is 5. The Morgan fingerprint density at radius 3 is 2.57 bits per heavy atom. The van der Waals surface area contributed by atoms with Gasteiger partial charge in [-0.05, 0) is 56.9 Å². The second-order valence-corrected chi connectivity index (χ2v) is 10.6. The summed E-state index contributed by atoms with van der Waals surface area (Å²) in [5.74, 6) is 0.0722. The lowest BCUT2D eigenvalue weighted by atomic mass is 9.76. The monoisotopic (exact) mass is 427 g/mol. The van der Waals surface area contributed by atoms with Crippen LogP contribution in [0.2, 0.25) is 0 Å². The molecule has 0 aromatic heterocycles. The van der Waals surface area contributed by atoms with Crippen molar-refractivity contribution in [3.63, 3.8) is 0 Å². The smallest absolute Gasteiger partial charge is 0.274 e. The summed E-state index contributed by atoms with van der Waals surface area (Å²) in [6.45, 7) is 5.41. The Kier molecular flexibility index (Phi) is 4.94. The summed E-state index contributed by atoms with van der Waals surface area (Å²) in [5.41, 5.74) is 1.87. The van der Waals surface area contributed by atoms with Crippen LogP contribution in [0, 0.1) is 16.0 Å². The average Bonchev–Trinajstić information content (AvgIpc) is 3.15. The molecule has 0 saturated carbocycles. The molecule has 3 unspecified atom stereocenters. The summed E-state index contributed by atoms with van der Waals surface area (Å²) in [6, 6.07) is 11.6. The molecule has 8 heteroatoms. The van der Waals surface area contributed by atoms with E-state index >= 15 is 0 Å². The number of rotatable bonds is 4. The van der Waals surface area contributed by atoms with Gasteiger partial charge in [-0.1, -0.05) is 30.4 Å². The number of allylic oxidation sites excluding steroid dienone is 2. The fourth-order valence-electron chi connectivity index (χ4n) is 4.43. The third-order valence-corrected chi connectivity index (χ3v) is 7.31. The van der Waals surface area contributed by atoms with Crippen LogP contribution in [0.4, 0.5) is 11.4 Å². The summed E-state index contributed by atoms with van der Waals surface area (Å²) in [5, 5.41) is 15.0. The number of sulfonamides is 1. The van der Waals surface area contributed by atoms with Crippen molar-refractivity contribution in [2.24, 2.45) is 5.92 Å². The zero-order valence-electron chi connectivity index (χ0n) is 17.1. The molecular formula is C22H25N3O4S. The van der Waals surface area contributed by atoms with Gasteiger partial charge in [0.1, 0.15) is 0 Å². The summed E-state index contributed by atoms with van der Waals surface area (Å²) in [4.78, 5) is 11.4. The van der Waals surface area contributed by atoms with Crippen LogP contribution in [0.15, 0.2) is 59.5 Å². The summed E-state index contributed by atoms with van der Waals surface area (Å²) in [7, 11) is -3.66. The Bertz CT molecular complexity index is 1140. The van der Waals surface area contributed by atoms with Crippen molar-refractivity contribution >= 4 is 21.4 Å². The zero-order valence-corrected chi connectivity index (χ0v) is 17.9. The van der Waals surface area contributed by atoms with E-state index in [-0.39, 0.29) is 33.4 Å². The Hall–Kier alpha value is -2.71. The van der Waals surface area contributed by atoms with Gasteiger partial charge >= 0.3 is 0 Å². The molecule has 0 fully saturated rings. The van der Waals surface area contributed by atoms with Crippen molar-refractivity contribution in [2.45, 2.75) is 49.6 Å². The molecule has 158 valence electrons. The Balaban J connectivity index is 1.76. The van der Waals surface area contributed by atoms with Gasteiger partial charge in [-0.25, -0.2) is 13.1 Å². The first-order chi connectivity index (χ1) is 14.1. The number of nitrogens with zero attached hydrogens (tertiary/aromatic N) is 1. The van der Waals surface area contributed by atoms with E-state index in [9.17, 15) is 18.5 Å². The average molecular weight is 428 g/mol. The molecule has 7 nitrogen and oxygen atoms in total. The summed E-state index contributed by atoms with van der Waals surface area (Å²) >= 11 is 0. The number of nitro groups is 1. The second kappa shape index (κ2) is 7.21. The number of para-hydroxylation sites is 1. The van der Waals surface area contributed by atoms with E-state index in [2.05, 4.69) is 22.2 Å². The minimum absolute atomic E-state index is 0.00385. The van der Waals surface area contributed by atoms with Crippen LogP contribution in [0.25, 0.3) is 0 Å². The first-order valence-corrected chi connectivity index (χ1v) is 11.4. The predicted octanol–water partition coefficient (Wildman–Crippen LogP) is 4.50. The topological polar surface area (TPSA) is 101 Å². The summed E-state index contributed by atoms with van der Waals surface area (Å²) in [6.07, 6.45) is 4.92. The van der Waals surface area contributed by atoms with E-state index in [1.54, 1.807) is 51.1 Å². The molecule has 0 spiro atoms. The van der Waals surface area contributed by atoms with Gasteiger partial charge in [-0.15, -0.1) is 0 Å². The van der Waals surface area contributed by atoms with Gasteiger partial charge in [0.2, 0.25) is 10.0 Å². The first-order valence-electron chi connectivity index (χ1n) is 9.91. The number of benzene rings is 2. The first kappa shape index (κ1) is 20.6. The van der Waals surface area contributed by atoms with Crippen molar-refractivity contribution in [3.05, 3.63) is 75.9 Å². The molecule has 30 heavy (non-hydrogen) atoms. The number of nitro benzene ring substituents is 1. The quantitative estimate of drug-likeness (QED) is 0.425. The highest BCUT2D eigenvalue weighted by atomic mass is 32.2. The van der Waals surface area contributed by atoms with Crippen molar-refractivity contribution < 1.29 is 13.3 Å². The van der Waals surface area contributed by atoms with Gasteiger partial charge in [0.25, 0.3) is 5.69 Å². The minimum atomic E-state index is -3.66. The highest BCUT2D eigenvalue weighted by Gasteiger charge is 2.40. The van der Waals surface area contributed by atoms with Crippen molar-refractivity contribution in [1.82, 2.24) is 4.72 Å². The predicted molar refractivity (Wildman–Crippen MR) is 116 cm³/mol. The molecule has 3 atom stereocenters. The van der Waals surface area contributed by atoms with E-state index in [0.29, 0.717) is 5.56 Å². The molecule has 1 aliphatic carbocycles. The van der Waals surface area contributed by atoms with E-state index in [1.807, 2.05) is 6.07 Å². The van der Waals surface area contributed by atoms with Crippen LogP contribution >= 0.6 is 0 Å². The molecule has 2 aromatic rings. The molecule has 1 aliphatic heterocycles. The third kappa shape index (κ3) is 3.73. The zero-order chi connectivity index (χ0) is 21.7. The van der Waals surface area contributed by atoms with Crippen LogP contribution in [0.5, 0.6) is 0 Å². The lowest BCUT2D eigenvalue weighted by Crippen LogP contribution is -2.40. The Labute approximate surface area is 176 Å². The molecular weight excluding hydrogens is 402 g/mol. The van der Waals surface area contributed by atoms with Crippen LogP contribution in [0.3, 0.4) is 0 Å². The second-order valence-electron chi connectivity index (χ2n) is 8.90.